The SMILES string of the molecule is Cl.N=C(N)N/N=C/c1[nH]c2ccccc2c1Nc1ccc([N+](=O)[O-])cc1. The number of nitro groups is 1. The molecule has 1 aromatic heterocycles. The summed E-state index contributed by atoms with van der Waals surface area (Å²) >= 11 is 0. The maximum atomic E-state index is 10.8. The van der Waals surface area contributed by atoms with Gasteiger partial charge in [0.2, 0.25) is 5.96 Å². The highest BCUT2D eigenvalue weighted by molar-refractivity contribution is 6.04. The van der Waals surface area contributed by atoms with E-state index in [1.54, 1.807) is 12.1 Å². The number of nitrogens with one attached hydrogen (secondary N) is 4. The molecular formula is C16H16ClN7O2. The summed E-state index contributed by atoms with van der Waals surface area (Å²) in [7, 11) is 0. The topological polar surface area (TPSA) is 145 Å². The number of benzene rings is 2. The van der Waals surface area contributed by atoms with Gasteiger partial charge in [-0.05, 0) is 18.2 Å². The fourth-order valence-corrected chi connectivity index (χ4v) is 2.37. The molecule has 0 saturated carbocycles. The predicted molar refractivity (Wildman–Crippen MR) is 105 cm³/mol. The lowest BCUT2D eigenvalue weighted by molar-refractivity contribution is -0.384. The second-order valence-electron chi connectivity index (χ2n) is 5.17. The summed E-state index contributed by atoms with van der Waals surface area (Å²) in [5.74, 6) is -0.266. The van der Waals surface area contributed by atoms with Gasteiger partial charge in [0.15, 0.2) is 0 Å². The molecule has 9 nitrogen and oxygen atoms in total. The Morgan fingerprint density at radius 1 is 1.23 bits per heavy atom. The normalized spacial score (nSPS) is 10.5. The van der Waals surface area contributed by atoms with Crippen molar-refractivity contribution in [3.05, 3.63) is 64.3 Å². The van der Waals surface area contributed by atoms with Crippen LogP contribution in [0.5, 0.6) is 0 Å². The molecule has 0 aliphatic rings. The minimum atomic E-state index is -0.443. The minimum Gasteiger partial charge on any atom is -0.369 e. The number of para-hydroxylation sites is 1. The van der Waals surface area contributed by atoms with Gasteiger partial charge in [-0.2, -0.15) is 5.10 Å². The van der Waals surface area contributed by atoms with E-state index in [2.05, 4.69) is 20.8 Å². The van der Waals surface area contributed by atoms with Gasteiger partial charge in [-0.3, -0.25) is 15.5 Å². The summed E-state index contributed by atoms with van der Waals surface area (Å²) in [4.78, 5) is 13.5. The highest BCUT2D eigenvalue weighted by Crippen LogP contribution is 2.30. The van der Waals surface area contributed by atoms with E-state index >= 15 is 0 Å². The van der Waals surface area contributed by atoms with Gasteiger partial charge >= 0.3 is 0 Å². The van der Waals surface area contributed by atoms with E-state index in [0.29, 0.717) is 11.4 Å². The molecule has 0 fully saturated rings. The Hall–Kier alpha value is -3.59. The predicted octanol–water partition coefficient (Wildman–Crippen LogP) is 3.06. The summed E-state index contributed by atoms with van der Waals surface area (Å²) in [5.41, 5.74) is 10.6. The summed E-state index contributed by atoms with van der Waals surface area (Å²) < 4.78 is 0. The zero-order valence-electron chi connectivity index (χ0n) is 13.4. The summed E-state index contributed by atoms with van der Waals surface area (Å²) in [6.07, 6.45) is 1.51. The number of nitrogens with two attached hydrogens (primary N) is 1. The maximum Gasteiger partial charge on any atom is 0.269 e. The molecule has 3 rings (SSSR count). The zero-order valence-corrected chi connectivity index (χ0v) is 14.2. The highest BCUT2D eigenvalue weighted by atomic mass is 35.5. The van der Waals surface area contributed by atoms with Crippen molar-refractivity contribution in [1.29, 1.82) is 5.41 Å². The van der Waals surface area contributed by atoms with E-state index in [0.717, 1.165) is 16.6 Å². The lowest BCUT2D eigenvalue weighted by Crippen LogP contribution is -2.25. The molecule has 26 heavy (non-hydrogen) atoms. The molecular weight excluding hydrogens is 358 g/mol. The first-order chi connectivity index (χ1) is 12.0. The summed E-state index contributed by atoms with van der Waals surface area (Å²) in [6.45, 7) is 0. The van der Waals surface area contributed by atoms with Gasteiger partial charge in [0.1, 0.15) is 0 Å². The Kier molecular flexibility index (Phi) is 5.76. The zero-order chi connectivity index (χ0) is 17.8. The Morgan fingerprint density at radius 3 is 2.58 bits per heavy atom. The molecule has 0 radical (unpaired) electrons. The molecule has 10 heteroatoms. The molecule has 0 aliphatic carbocycles. The van der Waals surface area contributed by atoms with Gasteiger partial charge in [0.25, 0.3) is 5.69 Å². The Morgan fingerprint density at radius 2 is 1.92 bits per heavy atom. The van der Waals surface area contributed by atoms with E-state index in [-0.39, 0.29) is 24.1 Å². The lowest BCUT2D eigenvalue weighted by atomic mass is 10.2. The molecule has 0 unspecified atom stereocenters. The number of nitro benzene ring substituents is 1. The standard InChI is InChI=1S/C16H15N7O2.ClH/c17-16(18)22-19-9-14-15(12-3-1-2-4-13(12)21-14)20-10-5-7-11(8-6-10)23(24)25;/h1-9,20-21H,(H4,17,18,22);1H/b19-9+;. The van der Waals surface area contributed by atoms with Crippen LogP contribution >= 0.6 is 12.4 Å². The number of hydrogen-bond donors (Lipinski definition) is 5. The highest BCUT2D eigenvalue weighted by Gasteiger charge is 2.11. The smallest absolute Gasteiger partial charge is 0.269 e. The van der Waals surface area contributed by atoms with Gasteiger partial charge in [-0.25, -0.2) is 5.43 Å². The van der Waals surface area contributed by atoms with Crippen LogP contribution in [0.2, 0.25) is 0 Å². The third-order valence-corrected chi connectivity index (χ3v) is 3.46. The summed E-state index contributed by atoms with van der Waals surface area (Å²) in [5, 5.41) is 26.0. The molecule has 0 amide bonds. The van der Waals surface area contributed by atoms with Crippen LogP contribution in [0.4, 0.5) is 17.1 Å². The molecule has 0 saturated heterocycles. The second-order valence-corrected chi connectivity index (χ2v) is 5.17. The van der Waals surface area contributed by atoms with Crippen molar-refractivity contribution >= 4 is 52.5 Å². The van der Waals surface area contributed by atoms with E-state index in [1.807, 2.05) is 24.3 Å². The van der Waals surface area contributed by atoms with Crippen LogP contribution in [-0.2, 0) is 0 Å². The number of guanidine groups is 1. The summed E-state index contributed by atoms with van der Waals surface area (Å²) in [6, 6.07) is 13.8. The van der Waals surface area contributed by atoms with E-state index in [1.165, 1.54) is 18.3 Å². The molecule has 0 bridgehead atoms. The van der Waals surface area contributed by atoms with Crippen molar-refractivity contribution in [2.24, 2.45) is 10.8 Å². The fourth-order valence-electron chi connectivity index (χ4n) is 2.37. The average molecular weight is 374 g/mol. The van der Waals surface area contributed by atoms with Crippen LogP contribution in [0, 0.1) is 15.5 Å². The Bertz CT molecular complexity index is 966. The fraction of sp³-hybridized carbons (Fsp3) is 0. The van der Waals surface area contributed by atoms with Gasteiger partial charge in [0, 0.05) is 28.7 Å². The van der Waals surface area contributed by atoms with Crippen molar-refractivity contribution < 1.29 is 4.92 Å². The largest absolute Gasteiger partial charge is 0.369 e. The molecule has 0 atom stereocenters. The first kappa shape index (κ1) is 18.7. The molecule has 134 valence electrons. The van der Waals surface area contributed by atoms with Crippen LogP contribution < -0.4 is 16.5 Å². The molecule has 0 spiro atoms. The second kappa shape index (κ2) is 7.99. The van der Waals surface area contributed by atoms with Crippen molar-refractivity contribution in [1.82, 2.24) is 10.4 Å². The number of nitrogens with zero attached hydrogens (tertiary/aromatic N) is 2. The lowest BCUT2D eigenvalue weighted by Gasteiger charge is -2.06. The van der Waals surface area contributed by atoms with Crippen LogP contribution in [0.1, 0.15) is 5.69 Å². The quantitative estimate of drug-likeness (QED) is 0.202. The van der Waals surface area contributed by atoms with Gasteiger partial charge in [-0.1, -0.05) is 18.2 Å². The third kappa shape index (κ3) is 4.08. The van der Waals surface area contributed by atoms with E-state index < -0.39 is 4.92 Å². The molecule has 2 aromatic carbocycles. The average Bonchev–Trinajstić information content (AvgIpc) is 2.93. The number of halogens is 1. The van der Waals surface area contributed by atoms with E-state index in [9.17, 15) is 10.1 Å². The van der Waals surface area contributed by atoms with Crippen molar-refractivity contribution in [2.75, 3.05) is 5.32 Å². The first-order valence-corrected chi connectivity index (χ1v) is 7.30. The minimum absolute atomic E-state index is 0. The number of aromatic nitrogens is 1. The van der Waals surface area contributed by atoms with Crippen LogP contribution in [-0.4, -0.2) is 22.1 Å². The Balaban J connectivity index is 0.00000243. The molecule has 6 N–H and O–H groups in total. The monoisotopic (exact) mass is 373 g/mol. The van der Waals surface area contributed by atoms with E-state index in [4.69, 9.17) is 11.1 Å². The van der Waals surface area contributed by atoms with Crippen molar-refractivity contribution in [3.63, 3.8) is 0 Å². The molecule has 1 heterocycles. The third-order valence-electron chi connectivity index (χ3n) is 3.46. The number of H-pyrrole nitrogens is 1. The number of hydrazone groups is 1. The van der Waals surface area contributed by atoms with Gasteiger partial charge in [-0.15, -0.1) is 12.4 Å². The van der Waals surface area contributed by atoms with Gasteiger partial charge in [0.05, 0.1) is 22.5 Å². The maximum absolute atomic E-state index is 10.8. The number of fused-ring (bicyclic) bond motifs is 1. The number of hydrogen-bond acceptors (Lipinski definition) is 5. The number of aromatic amines is 1. The molecule has 0 aliphatic heterocycles. The van der Waals surface area contributed by atoms with Crippen molar-refractivity contribution in [2.45, 2.75) is 0 Å². The number of rotatable bonds is 5. The Labute approximate surface area is 154 Å². The number of anilines is 2. The van der Waals surface area contributed by atoms with Crippen LogP contribution in [0.25, 0.3) is 10.9 Å². The number of non-ortho nitro benzene ring substituents is 1. The van der Waals surface area contributed by atoms with Gasteiger partial charge < -0.3 is 16.0 Å². The van der Waals surface area contributed by atoms with Crippen LogP contribution in [0.3, 0.4) is 0 Å². The first-order valence-electron chi connectivity index (χ1n) is 7.30. The van der Waals surface area contributed by atoms with Crippen LogP contribution in [0.15, 0.2) is 53.6 Å². The molecule has 3 aromatic rings. The van der Waals surface area contributed by atoms with Crippen molar-refractivity contribution in [3.8, 4) is 0 Å².